The molecular weight excluding hydrogens is 755 g/mol. The van der Waals surface area contributed by atoms with Crippen molar-refractivity contribution in [2.45, 2.75) is 19.3 Å². The zero-order valence-electron chi connectivity index (χ0n) is 34.1. The molecule has 0 N–H and O–H groups in total. The second-order valence-electron chi connectivity index (χ2n) is 16.8. The molecule has 290 valence electrons. The lowest BCUT2D eigenvalue weighted by molar-refractivity contribution is 0.661. The second kappa shape index (κ2) is 13.7. The Balaban J connectivity index is 0.960. The Hall–Kier alpha value is -8.20. The summed E-state index contributed by atoms with van der Waals surface area (Å²) in [5.74, 6) is 1.93. The van der Waals surface area contributed by atoms with Gasteiger partial charge in [-0.3, -0.25) is 0 Å². The van der Waals surface area contributed by atoms with Crippen molar-refractivity contribution in [3.8, 4) is 62.1 Å². The molecule has 0 aliphatic heterocycles. The molecule has 0 saturated carbocycles. The zero-order chi connectivity index (χ0) is 41.5. The summed E-state index contributed by atoms with van der Waals surface area (Å²) < 4.78 is 2.30. The van der Waals surface area contributed by atoms with Crippen LogP contribution in [0.4, 0.5) is 5.69 Å². The monoisotopic (exact) mass is 791 g/mol. The van der Waals surface area contributed by atoms with Crippen molar-refractivity contribution in [1.29, 1.82) is 0 Å². The minimum absolute atomic E-state index is 0.288. The number of nitrogens with zero attached hydrogens (tertiary/aromatic N) is 5. The van der Waals surface area contributed by atoms with Crippen molar-refractivity contribution >= 4 is 49.0 Å². The predicted octanol–water partition coefficient (Wildman–Crippen LogP) is 14.8. The lowest BCUT2D eigenvalue weighted by atomic mass is 9.81. The summed E-state index contributed by atoms with van der Waals surface area (Å²) in [6, 6.07) is 66.4. The molecular formula is C57H37N5. The largest absolute Gasteiger partial charge is 0.309 e. The molecule has 0 spiro atoms. The SMILES string of the molecule is [C-]#[N+]c1ccc2c(c1)c1cc(-c3ccc4c(c3)C(C)(C)c3cc(-c5nc(-c6ccc7ccccc7c6)nc(-c6ccc7ccccc7c6)n5)ccc3-4)ccc1n2-c1ccccc1. The Morgan fingerprint density at radius 2 is 0.871 bits per heavy atom. The van der Waals surface area contributed by atoms with E-state index in [1.165, 1.54) is 33.0 Å². The van der Waals surface area contributed by atoms with Crippen molar-refractivity contribution in [3.63, 3.8) is 0 Å². The molecule has 1 aliphatic rings. The number of para-hydroxylation sites is 1. The topological polar surface area (TPSA) is 48.0 Å². The lowest BCUT2D eigenvalue weighted by Gasteiger charge is -2.22. The van der Waals surface area contributed by atoms with E-state index in [0.717, 1.165) is 66.1 Å². The fourth-order valence-electron chi connectivity index (χ4n) is 9.59. The van der Waals surface area contributed by atoms with Gasteiger partial charge in [0.1, 0.15) is 0 Å². The summed E-state index contributed by atoms with van der Waals surface area (Å²) in [4.78, 5) is 19.3. The zero-order valence-corrected chi connectivity index (χ0v) is 34.1. The van der Waals surface area contributed by atoms with Crippen molar-refractivity contribution in [2.75, 3.05) is 0 Å². The average molecular weight is 792 g/mol. The molecule has 12 rings (SSSR count). The number of rotatable bonds is 5. The molecule has 0 unspecified atom stereocenters. The van der Waals surface area contributed by atoms with Crippen molar-refractivity contribution in [1.82, 2.24) is 19.5 Å². The number of benzene rings is 9. The van der Waals surface area contributed by atoms with Gasteiger partial charge in [-0.05, 0) is 121 Å². The van der Waals surface area contributed by atoms with Gasteiger partial charge in [0, 0.05) is 33.2 Å². The summed E-state index contributed by atoms with van der Waals surface area (Å²) in [5, 5.41) is 6.84. The molecule has 0 bridgehead atoms. The summed E-state index contributed by atoms with van der Waals surface area (Å²) in [7, 11) is 0. The molecule has 1 aliphatic carbocycles. The smallest absolute Gasteiger partial charge is 0.188 e. The van der Waals surface area contributed by atoms with Crippen LogP contribution in [0.5, 0.6) is 0 Å². The van der Waals surface area contributed by atoms with Crippen molar-refractivity contribution in [3.05, 3.63) is 211 Å². The molecule has 11 aromatic rings. The van der Waals surface area contributed by atoms with E-state index in [1.807, 2.05) is 18.2 Å². The van der Waals surface area contributed by atoms with Gasteiger partial charge in [-0.2, -0.15) is 0 Å². The highest BCUT2D eigenvalue weighted by Gasteiger charge is 2.36. The van der Waals surface area contributed by atoms with Gasteiger partial charge in [0.05, 0.1) is 17.6 Å². The Morgan fingerprint density at radius 1 is 0.419 bits per heavy atom. The third-order valence-electron chi connectivity index (χ3n) is 12.8. The molecule has 2 aromatic heterocycles. The molecule has 5 heteroatoms. The van der Waals surface area contributed by atoms with Crippen LogP contribution in [0, 0.1) is 6.57 Å². The fraction of sp³-hybridized carbons (Fsp3) is 0.0526. The molecule has 0 radical (unpaired) electrons. The Bertz CT molecular complexity index is 3590. The lowest BCUT2D eigenvalue weighted by Crippen LogP contribution is -2.15. The summed E-state index contributed by atoms with van der Waals surface area (Å²) in [6.07, 6.45) is 0. The van der Waals surface area contributed by atoms with Crippen LogP contribution in [0.2, 0.25) is 0 Å². The second-order valence-corrected chi connectivity index (χ2v) is 16.8. The maximum atomic E-state index is 7.75. The van der Waals surface area contributed by atoms with Crippen LogP contribution in [0.1, 0.15) is 25.0 Å². The van der Waals surface area contributed by atoms with Crippen LogP contribution in [0.25, 0.3) is 110 Å². The van der Waals surface area contributed by atoms with Crippen LogP contribution < -0.4 is 0 Å². The van der Waals surface area contributed by atoms with Gasteiger partial charge in [-0.15, -0.1) is 0 Å². The van der Waals surface area contributed by atoms with E-state index >= 15 is 0 Å². The molecule has 0 saturated heterocycles. The van der Waals surface area contributed by atoms with Gasteiger partial charge in [-0.1, -0.05) is 141 Å². The normalized spacial score (nSPS) is 12.8. The number of hydrogen-bond donors (Lipinski definition) is 0. The minimum atomic E-state index is -0.288. The van der Waals surface area contributed by atoms with E-state index in [9.17, 15) is 0 Å². The van der Waals surface area contributed by atoms with E-state index in [4.69, 9.17) is 21.5 Å². The molecule has 0 fully saturated rings. The van der Waals surface area contributed by atoms with E-state index in [2.05, 4.69) is 193 Å². The predicted molar refractivity (Wildman–Crippen MR) is 255 cm³/mol. The first-order valence-corrected chi connectivity index (χ1v) is 21.0. The summed E-state index contributed by atoms with van der Waals surface area (Å²) >= 11 is 0. The molecule has 2 heterocycles. The first kappa shape index (κ1) is 35.7. The maximum absolute atomic E-state index is 7.75. The van der Waals surface area contributed by atoms with Gasteiger partial charge in [-0.25, -0.2) is 19.8 Å². The number of fused-ring (bicyclic) bond motifs is 8. The third-order valence-corrected chi connectivity index (χ3v) is 12.8. The maximum Gasteiger partial charge on any atom is 0.188 e. The van der Waals surface area contributed by atoms with E-state index < -0.39 is 0 Å². The van der Waals surface area contributed by atoms with Gasteiger partial charge in [0.15, 0.2) is 23.2 Å². The number of aromatic nitrogens is 4. The molecule has 62 heavy (non-hydrogen) atoms. The summed E-state index contributed by atoms with van der Waals surface area (Å²) in [5.41, 5.74) is 13.8. The molecule has 5 nitrogen and oxygen atoms in total. The van der Waals surface area contributed by atoms with Crippen LogP contribution in [-0.4, -0.2) is 19.5 Å². The Labute approximate surface area is 359 Å². The van der Waals surface area contributed by atoms with Crippen LogP contribution >= 0.6 is 0 Å². The van der Waals surface area contributed by atoms with Gasteiger partial charge < -0.3 is 4.57 Å². The van der Waals surface area contributed by atoms with Gasteiger partial charge in [0.2, 0.25) is 0 Å². The van der Waals surface area contributed by atoms with E-state index in [0.29, 0.717) is 23.2 Å². The Morgan fingerprint density at radius 3 is 1.47 bits per heavy atom. The average Bonchev–Trinajstić information content (AvgIpc) is 3.77. The van der Waals surface area contributed by atoms with Crippen LogP contribution in [-0.2, 0) is 5.41 Å². The molecule has 9 aromatic carbocycles. The van der Waals surface area contributed by atoms with Crippen molar-refractivity contribution in [2.24, 2.45) is 0 Å². The Kier molecular flexibility index (Phi) is 7.88. The fourth-order valence-corrected chi connectivity index (χ4v) is 9.59. The minimum Gasteiger partial charge on any atom is -0.309 e. The number of hydrogen-bond acceptors (Lipinski definition) is 3. The highest BCUT2D eigenvalue weighted by Crippen LogP contribution is 2.51. The standard InChI is InChI=1S/C57H37N5/c1-57(2)50-32-40(39-23-27-52-48(31-39)49-34-44(58-3)24-28-53(49)62(52)45-15-5-4-6-16-45)21-25-46(50)47-26-22-43(33-51(47)57)56-60-54(41-19-17-35-11-7-9-13-37(35)29-41)59-55(61-56)42-20-18-36-12-8-10-14-38(36)30-42/h4-34H,1-2H3. The van der Waals surface area contributed by atoms with E-state index in [-0.39, 0.29) is 5.41 Å². The quantitative estimate of drug-likeness (QED) is 0.163. The highest BCUT2D eigenvalue weighted by molar-refractivity contribution is 6.11. The van der Waals surface area contributed by atoms with Crippen LogP contribution in [0.15, 0.2) is 188 Å². The first-order chi connectivity index (χ1) is 30.4. The molecule has 0 atom stereocenters. The first-order valence-electron chi connectivity index (χ1n) is 21.0. The highest BCUT2D eigenvalue weighted by atomic mass is 15.0. The summed E-state index contributed by atoms with van der Waals surface area (Å²) in [6.45, 7) is 12.4. The van der Waals surface area contributed by atoms with Gasteiger partial charge in [0.25, 0.3) is 0 Å². The third kappa shape index (κ3) is 5.65. The van der Waals surface area contributed by atoms with Gasteiger partial charge >= 0.3 is 0 Å². The van der Waals surface area contributed by atoms with Crippen molar-refractivity contribution < 1.29 is 0 Å². The van der Waals surface area contributed by atoms with E-state index in [1.54, 1.807) is 0 Å². The molecule has 0 amide bonds. The van der Waals surface area contributed by atoms with Crippen LogP contribution in [0.3, 0.4) is 0 Å².